The van der Waals surface area contributed by atoms with Gasteiger partial charge in [0, 0.05) is 19.1 Å². The fraction of sp³-hybridized carbons (Fsp3) is 1.00. The standard InChI is InChI=1S/C19H37NO/c1-2-3-4-5-6-7-8-9-10-11-14-19(21)15-16-20(17-19)18-12-13-18/h18,21H,2-17H2,1H3. The smallest absolute Gasteiger partial charge is 0.0786 e. The van der Waals surface area contributed by atoms with Crippen molar-refractivity contribution in [2.45, 2.75) is 108 Å². The highest BCUT2D eigenvalue weighted by Gasteiger charge is 2.41. The Morgan fingerprint density at radius 2 is 1.48 bits per heavy atom. The number of likely N-dealkylation sites (tertiary alicyclic amines) is 1. The molecule has 1 saturated heterocycles. The maximum Gasteiger partial charge on any atom is 0.0786 e. The van der Waals surface area contributed by atoms with E-state index in [-0.39, 0.29) is 5.60 Å². The minimum atomic E-state index is -0.345. The molecule has 0 bridgehead atoms. The molecule has 21 heavy (non-hydrogen) atoms. The van der Waals surface area contributed by atoms with Crippen molar-refractivity contribution in [3.63, 3.8) is 0 Å². The summed E-state index contributed by atoms with van der Waals surface area (Å²) < 4.78 is 0. The van der Waals surface area contributed by atoms with Crippen LogP contribution in [0, 0.1) is 0 Å². The van der Waals surface area contributed by atoms with Crippen molar-refractivity contribution < 1.29 is 5.11 Å². The molecule has 1 aliphatic carbocycles. The van der Waals surface area contributed by atoms with Gasteiger partial charge in [0.05, 0.1) is 5.60 Å². The highest BCUT2D eigenvalue weighted by molar-refractivity contribution is 4.96. The van der Waals surface area contributed by atoms with Crippen LogP contribution in [0.5, 0.6) is 0 Å². The molecular formula is C19H37NO. The van der Waals surface area contributed by atoms with Gasteiger partial charge in [-0.05, 0) is 25.7 Å². The van der Waals surface area contributed by atoms with E-state index in [1.807, 2.05) is 0 Å². The van der Waals surface area contributed by atoms with Gasteiger partial charge in [-0.15, -0.1) is 0 Å². The molecule has 1 saturated carbocycles. The van der Waals surface area contributed by atoms with Crippen molar-refractivity contribution in [2.75, 3.05) is 13.1 Å². The zero-order valence-electron chi connectivity index (χ0n) is 14.3. The summed E-state index contributed by atoms with van der Waals surface area (Å²) in [4.78, 5) is 2.52. The molecule has 1 atom stereocenters. The second-order valence-electron chi connectivity index (χ2n) is 7.61. The summed E-state index contributed by atoms with van der Waals surface area (Å²) in [6.07, 6.45) is 18.6. The van der Waals surface area contributed by atoms with Crippen molar-refractivity contribution in [1.82, 2.24) is 4.90 Å². The van der Waals surface area contributed by atoms with Crippen LogP contribution in [0.4, 0.5) is 0 Å². The number of unbranched alkanes of at least 4 members (excludes halogenated alkanes) is 9. The molecule has 0 aromatic rings. The van der Waals surface area contributed by atoms with E-state index in [9.17, 15) is 5.11 Å². The third-order valence-corrected chi connectivity index (χ3v) is 5.42. The Hall–Kier alpha value is -0.0800. The molecule has 1 N–H and O–H groups in total. The van der Waals surface area contributed by atoms with Crippen LogP contribution in [-0.4, -0.2) is 34.7 Å². The van der Waals surface area contributed by atoms with E-state index in [4.69, 9.17) is 0 Å². The Bertz CT molecular complexity index is 277. The largest absolute Gasteiger partial charge is 0.389 e. The summed E-state index contributed by atoms with van der Waals surface area (Å²) in [5.74, 6) is 0. The second-order valence-corrected chi connectivity index (χ2v) is 7.61. The monoisotopic (exact) mass is 295 g/mol. The summed E-state index contributed by atoms with van der Waals surface area (Å²) in [6.45, 7) is 4.37. The number of hydrogen-bond acceptors (Lipinski definition) is 2. The lowest BCUT2D eigenvalue weighted by molar-refractivity contribution is 0.0371. The predicted molar refractivity (Wildman–Crippen MR) is 90.6 cm³/mol. The Morgan fingerprint density at radius 3 is 2.05 bits per heavy atom. The molecule has 1 aliphatic heterocycles. The van der Waals surface area contributed by atoms with E-state index in [0.717, 1.165) is 32.0 Å². The Balaban J connectivity index is 1.39. The predicted octanol–water partition coefficient (Wildman–Crippen LogP) is 4.90. The first-order chi connectivity index (χ1) is 10.2. The van der Waals surface area contributed by atoms with Gasteiger partial charge in [0.25, 0.3) is 0 Å². The maximum atomic E-state index is 10.6. The lowest BCUT2D eigenvalue weighted by Gasteiger charge is -2.23. The van der Waals surface area contributed by atoms with Gasteiger partial charge in [-0.3, -0.25) is 4.90 Å². The van der Waals surface area contributed by atoms with Crippen molar-refractivity contribution in [1.29, 1.82) is 0 Å². The Kier molecular flexibility index (Phi) is 7.53. The second kappa shape index (κ2) is 9.15. The van der Waals surface area contributed by atoms with Gasteiger partial charge < -0.3 is 5.11 Å². The third-order valence-electron chi connectivity index (χ3n) is 5.42. The minimum Gasteiger partial charge on any atom is -0.389 e. The fourth-order valence-corrected chi connectivity index (χ4v) is 3.78. The molecule has 2 nitrogen and oxygen atoms in total. The molecule has 0 spiro atoms. The summed E-state index contributed by atoms with van der Waals surface area (Å²) in [7, 11) is 0. The average Bonchev–Trinajstić information content (AvgIpc) is 3.25. The first-order valence-corrected chi connectivity index (χ1v) is 9.70. The molecule has 2 rings (SSSR count). The van der Waals surface area contributed by atoms with Crippen molar-refractivity contribution in [2.24, 2.45) is 0 Å². The van der Waals surface area contributed by atoms with Crippen LogP contribution >= 0.6 is 0 Å². The van der Waals surface area contributed by atoms with E-state index < -0.39 is 0 Å². The summed E-state index contributed by atoms with van der Waals surface area (Å²) in [5, 5.41) is 10.6. The zero-order valence-corrected chi connectivity index (χ0v) is 14.3. The van der Waals surface area contributed by atoms with Crippen LogP contribution in [0.25, 0.3) is 0 Å². The zero-order chi connectivity index (χ0) is 15.0. The molecule has 0 aromatic carbocycles. The number of β-amino-alcohol motifs (C(OH)–C–C–N with tert-alkyl or cyclic N) is 1. The molecule has 1 heterocycles. The normalized spacial score (nSPS) is 26.6. The van der Waals surface area contributed by atoms with Gasteiger partial charge in [0.15, 0.2) is 0 Å². The first-order valence-electron chi connectivity index (χ1n) is 9.70. The van der Waals surface area contributed by atoms with E-state index >= 15 is 0 Å². The lowest BCUT2D eigenvalue weighted by atomic mass is 9.95. The first kappa shape index (κ1) is 17.3. The molecule has 2 aliphatic rings. The van der Waals surface area contributed by atoms with Crippen molar-refractivity contribution >= 4 is 0 Å². The summed E-state index contributed by atoms with van der Waals surface area (Å²) in [6, 6.07) is 0.826. The number of rotatable bonds is 12. The molecule has 0 aromatic heterocycles. The van der Waals surface area contributed by atoms with E-state index in [2.05, 4.69) is 11.8 Å². The Labute approximate surface area is 132 Å². The van der Waals surface area contributed by atoms with Crippen LogP contribution in [0.2, 0.25) is 0 Å². The molecule has 124 valence electrons. The van der Waals surface area contributed by atoms with Gasteiger partial charge in [0.1, 0.15) is 0 Å². The van der Waals surface area contributed by atoms with E-state index in [1.165, 1.54) is 77.0 Å². The molecule has 1 unspecified atom stereocenters. The van der Waals surface area contributed by atoms with Crippen LogP contribution in [0.15, 0.2) is 0 Å². The van der Waals surface area contributed by atoms with Gasteiger partial charge in [-0.25, -0.2) is 0 Å². The molecule has 0 amide bonds. The molecule has 2 heteroatoms. The highest BCUT2D eigenvalue weighted by atomic mass is 16.3. The Morgan fingerprint density at radius 1 is 0.905 bits per heavy atom. The topological polar surface area (TPSA) is 23.5 Å². The van der Waals surface area contributed by atoms with Gasteiger partial charge in [-0.2, -0.15) is 0 Å². The van der Waals surface area contributed by atoms with Crippen LogP contribution in [0.3, 0.4) is 0 Å². The molecule has 0 radical (unpaired) electrons. The third kappa shape index (κ3) is 6.69. The minimum absolute atomic E-state index is 0.345. The average molecular weight is 296 g/mol. The number of aliphatic hydroxyl groups is 1. The maximum absolute atomic E-state index is 10.6. The fourth-order valence-electron chi connectivity index (χ4n) is 3.78. The van der Waals surface area contributed by atoms with Crippen molar-refractivity contribution in [3.8, 4) is 0 Å². The van der Waals surface area contributed by atoms with Crippen LogP contribution in [-0.2, 0) is 0 Å². The summed E-state index contributed by atoms with van der Waals surface area (Å²) in [5.41, 5.74) is -0.345. The van der Waals surface area contributed by atoms with Crippen LogP contribution < -0.4 is 0 Å². The van der Waals surface area contributed by atoms with Crippen LogP contribution in [0.1, 0.15) is 96.8 Å². The van der Waals surface area contributed by atoms with E-state index in [1.54, 1.807) is 0 Å². The molecule has 2 fully saturated rings. The van der Waals surface area contributed by atoms with E-state index in [0.29, 0.717) is 0 Å². The SMILES string of the molecule is CCCCCCCCCCCCC1(O)CCN(C2CC2)C1. The molecular weight excluding hydrogens is 258 g/mol. The van der Waals surface area contributed by atoms with Gasteiger partial charge >= 0.3 is 0 Å². The number of nitrogens with zero attached hydrogens (tertiary/aromatic N) is 1. The summed E-state index contributed by atoms with van der Waals surface area (Å²) >= 11 is 0. The van der Waals surface area contributed by atoms with Gasteiger partial charge in [0.2, 0.25) is 0 Å². The van der Waals surface area contributed by atoms with Crippen molar-refractivity contribution in [3.05, 3.63) is 0 Å². The van der Waals surface area contributed by atoms with Gasteiger partial charge in [-0.1, -0.05) is 71.1 Å². The highest BCUT2D eigenvalue weighted by Crippen LogP contribution is 2.35. The number of hydrogen-bond donors (Lipinski definition) is 1. The lowest BCUT2D eigenvalue weighted by Crippen LogP contribution is -2.33. The quantitative estimate of drug-likeness (QED) is 0.518.